The second-order valence-electron chi connectivity index (χ2n) is 6.66. The average molecular weight is 470 g/mol. The van der Waals surface area contributed by atoms with Gasteiger partial charge in [-0.3, -0.25) is 14.9 Å². The smallest absolute Gasteiger partial charge is 0.269 e. The maximum absolute atomic E-state index is 11.9. The number of benzene rings is 3. The molecule has 3 rings (SSSR count). The van der Waals surface area contributed by atoms with E-state index in [4.69, 9.17) is 16.3 Å². The number of hydrazone groups is 1. The first kappa shape index (κ1) is 23.3. The molecule has 0 saturated carbocycles. The van der Waals surface area contributed by atoms with Crippen LogP contribution in [-0.4, -0.2) is 22.8 Å². The van der Waals surface area contributed by atoms with E-state index in [1.54, 1.807) is 18.3 Å². The van der Waals surface area contributed by atoms with Gasteiger partial charge in [-0.05, 0) is 41.5 Å². The Kier molecular flexibility index (Phi) is 8.65. The molecule has 0 aliphatic carbocycles. The molecular weight excluding hydrogens is 450 g/mol. The van der Waals surface area contributed by atoms with Crippen LogP contribution in [0.2, 0.25) is 5.02 Å². The first-order chi connectivity index (χ1) is 15.5. The lowest BCUT2D eigenvalue weighted by molar-refractivity contribution is -0.384. The number of nitro benzene ring substituents is 1. The summed E-state index contributed by atoms with van der Waals surface area (Å²) in [6.45, 7) is 0.376. The monoisotopic (exact) mass is 469 g/mol. The first-order valence-corrected chi connectivity index (χ1v) is 11.1. The van der Waals surface area contributed by atoms with Crippen molar-refractivity contribution in [2.45, 2.75) is 12.4 Å². The number of ether oxygens (including phenoxy) is 1. The minimum absolute atomic E-state index is 0.0472. The number of non-ortho nitro benzene ring substituents is 1. The summed E-state index contributed by atoms with van der Waals surface area (Å²) in [5, 5.41) is 15.3. The number of hydrogen-bond donors (Lipinski definition) is 1. The molecule has 32 heavy (non-hydrogen) atoms. The maximum atomic E-state index is 11.9. The predicted octanol–water partition coefficient (Wildman–Crippen LogP) is 5.21. The van der Waals surface area contributed by atoms with E-state index in [1.807, 2.05) is 48.5 Å². The van der Waals surface area contributed by atoms with Gasteiger partial charge in [0, 0.05) is 28.5 Å². The summed E-state index contributed by atoms with van der Waals surface area (Å²) in [6.07, 6.45) is 1.55. The molecule has 7 nitrogen and oxygen atoms in total. The second-order valence-corrected chi connectivity index (χ2v) is 8.05. The van der Waals surface area contributed by atoms with Crippen molar-refractivity contribution in [2.75, 3.05) is 5.75 Å². The number of halogens is 1. The topological polar surface area (TPSA) is 93.8 Å². The summed E-state index contributed by atoms with van der Waals surface area (Å²) in [7, 11) is 0. The lowest BCUT2D eigenvalue weighted by Crippen LogP contribution is -2.19. The number of thioether (sulfide) groups is 1. The van der Waals surface area contributed by atoms with Crippen LogP contribution in [0.4, 0.5) is 5.69 Å². The van der Waals surface area contributed by atoms with Gasteiger partial charge in [0.15, 0.2) is 0 Å². The lowest BCUT2D eigenvalue weighted by Gasteiger charge is -2.07. The Morgan fingerprint density at radius 2 is 1.81 bits per heavy atom. The van der Waals surface area contributed by atoms with Gasteiger partial charge in [-0.25, -0.2) is 5.43 Å². The van der Waals surface area contributed by atoms with Gasteiger partial charge in [-0.2, -0.15) is 5.10 Å². The Hall–Kier alpha value is -3.36. The van der Waals surface area contributed by atoms with E-state index < -0.39 is 4.92 Å². The molecule has 0 spiro atoms. The summed E-state index contributed by atoms with van der Waals surface area (Å²) in [6, 6.07) is 21.1. The van der Waals surface area contributed by atoms with Crippen molar-refractivity contribution >= 4 is 41.2 Å². The van der Waals surface area contributed by atoms with Gasteiger partial charge in [0.05, 0.1) is 16.9 Å². The highest BCUT2D eigenvalue weighted by Gasteiger charge is 2.05. The van der Waals surface area contributed by atoms with Gasteiger partial charge in [-0.15, -0.1) is 11.8 Å². The number of rotatable bonds is 10. The molecule has 0 atom stereocenters. The van der Waals surface area contributed by atoms with Crippen LogP contribution < -0.4 is 10.2 Å². The number of hydrogen-bond acceptors (Lipinski definition) is 6. The zero-order valence-corrected chi connectivity index (χ0v) is 18.5. The maximum Gasteiger partial charge on any atom is 0.269 e. The van der Waals surface area contributed by atoms with Crippen LogP contribution in [0.3, 0.4) is 0 Å². The van der Waals surface area contributed by atoms with E-state index in [-0.39, 0.29) is 17.3 Å². The summed E-state index contributed by atoms with van der Waals surface area (Å²) < 4.78 is 5.73. The fraction of sp³-hybridized carbons (Fsp3) is 0.130. The average Bonchev–Trinajstić information content (AvgIpc) is 2.80. The summed E-state index contributed by atoms with van der Waals surface area (Å²) in [5.41, 5.74) is 5.17. The van der Waals surface area contributed by atoms with Crippen LogP contribution in [0.25, 0.3) is 0 Å². The summed E-state index contributed by atoms with van der Waals surface area (Å²) in [4.78, 5) is 22.1. The van der Waals surface area contributed by atoms with Gasteiger partial charge in [0.2, 0.25) is 5.91 Å². The highest BCUT2D eigenvalue weighted by atomic mass is 35.5. The van der Waals surface area contributed by atoms with Crippen LogP contribution in [0.1, 0.15) is 16.7 Å². The summed E-state index contributed by atoms with van der Waals surface area (Å²) >= 11 is 7.52. The number of carbonyl (C=O) groups is 1. The third kappa shape index (κ3) is 7.40. The standard InChI is InChI=1S/C23H20ClN3O4S/c24-22-4-2-1-3-19(22)14-31-21-11-7-17(8-12-21)13-25-26-23(28)16-32-15-18-5-9-20(10-6-18)27(29)30/h1-13H,14-16H2,(H,26,28)/b25-13-. The minimum atomic E-state index is -0.441. The van der Waals surface area contributed by atoms with Crippen LogP contribution in [0, 0.1) is 10.1 Å². The molecular formula is C23H20ClN3O4S. The number of nitrogens with zero attached hydrogens (tertiary/aromatic N) is 2. The molecule has 0 unspecified atom stereocenters. The van der Waals surface area contributed by atoms with Crippen molar-refractivity contribution in [2.24, 2.45) is 5.10 Å². The Morgan fingerprint density at radius 1 is 1.09 bits per heavy atom. The van der Waals surface area contributed by atoms with Crippen molar-refractivity contribution < 1.29 is 14.5 Å². The van der Waals surface area contributed by atoms with Crippen LogP contribution in [-0.2, 0) is 17.2 Å². The fourth-order valence-corrected chi connectivity index (χ4v) is 3.58. The number of nitrogens with one attached hydrogen (secondary N) is 1. The molecule has 0 aromatic heterocycles. The van der Waals surface area contributed by atoms with Gasteiger partial charge >= 0.3 is 0 Å². The number of amides is 1. The SMILES string of the molecule is O=C(CSCc1ccc([N+](=O)[O-])cc1)N/N=C\c1ccc(OCc2ccccc2Cl)cc1. The van der Waals surface area contributed by atoms with Gasteiger partial charge in [0.1, 0.15) is 12.4 Å². The zero-order chi connectivity index (χ0) is 22.8. The number of nitro groups is 1. The van der Waals surface area contributed by atoms with Gasteiger partial charge < -0.3 is 4.74 Å². The fourth-order valence-electron chi connectivity index (χ4n) is 2.61. The van der Waals surface area contributed by atoms with Crippen molar-refractivity contribution in [3.8, 4) is 5.75 Å². The molecule has 1 N–H and O–H groups in total. The van der Waals surface area contributed by atoms with Gasteiger partial charge in [-0.1, -0.05) is 41.9 Å². The molecule has 164 valence electrons. The van der Waals surface area contributed by atoms with E-state index in [0.29, 0.717) is 23.1 Å². The van der Waals surface area contributed by atoms with Crippen LogP contribution in [0.5, 0.6) is 5.75 Å². The summed E-state index contributed by atoms with van der Waals surface area (Å²) in [5.74, 6) is 1.27. The highest BCUT2D eigenvalue weighted by Crippen LogP contribution is 2.19. The van der Waals surface area contributed by atoms with E-state index in [2.05, 4.69) is 10.5 Å². The van der Waals surface area contributed by atoms with E-state index >= 15 is 0 Å². The normalized spacial score (nSPS) is 10.8. The Balaban J connectivity index is 1.38. The predicted molar refractivity (Wildman–Crippen MR) is 127 cm³/mol. The Bertz CT molecular complexity index is 1090. The third-order valence-electron chi connectivity index (χ3n) is 4.28. The molecule has 0 bridgehead atoms. The molecule has 0 fully saturated rings. The molecule has 3 aromatic carbocycles. The van der Waals surface area contributed by atoms with Crippen molar-refractivity contribution in [3.63, 3.8) is 0 Å². The third-order valence-corrected chi connectivity index (χ3v) is 5.66. The molecule has 0 radical (unpaired) electrons. The van der Waals surface area contributed by atoms with Crippen LogP contribution in [0.15, 0.2) is 77.9 Å². The molecule has 0 aliphatic heterocycles. The van der Waals surface area contributed by atoms with Crippen LogP contribution >= 0.6 is 23.4 Å². The molecule has 1 amide bonds. The molecule has 0 saturated heterocycles. The molecule has 9 heteroatoms. The lowest BCUT2D eigenvalue weighted by atomic mass is 10.2. The largest absolute Gasteiger partial charge is 0.489 e. The molecule has 0 aliphatic rings. The zero-order valence-electron chi connectivity index (χ0n) is 16.9. The number of carbonyl (C=O) groups excluding carboxylic acids is 1. The highest BCUT2D eigenvalue weighted by molar-refractivity contribution is 7.99. The van der Waals surface area contributed by atoms with Gasteiger partial charge in [0.25, 0.3) is 5.69 Å². The van der Waals surface area contributed by atoms with E-state index in [0.717, 1.165) is 16.7 Å². The second kappa shape index (κ2) is 11.9. The quantitative estimate of drug-likeness (QED) is 0.250. The Morgan fingerprint density at radius 3 is 2.50 bits per heavy atom. The first-order valence-electron chi connectivity index (χ1n) is 9.60. The molecule has 3 aromatic rings. The van der Waals surface area contributed by atoms with E-state index in [1.165, 1.54) is 23.9 Å². The van der Waals surface area contributed by atoms with Crippen molar-refractivity contribution in [3.05, 3.63) is 105 Å². The minimum Gasteiger partial charge on any atom is -0.489 e. The van der Waals surface area contributed by atoms with Crippen molar-refractivity contribution in [1.82, 2.24) is 5.43 Å². The molecule has 0 heterocycles. The van der Waals surface area contributed by atoms with Crippen molar-refractivity contribution in [1.29, 1.82) is 0 Å². The Labute approximate surface area is 194 Å². The van der Waals surface area contributed by atoms with E-state index in [9.17, 15) is 14.9 Å².